The van der Waals surface area contributed by atoms with Crippen LogP contribution in [0.1, 0.15) is 1.43 Å². The first-order chi connectivity index (χ1) is 1.41. The fraction of sp³-hybridized carbons (Fsp3) is 1.00. The summed E-state index contributed by atoms with van der Waals surface area (Å²) in [5, 5.41) is 0. The molecule has 0 bridgehead atoms. The molecule has 0 amide bonds. The van der Waals surface area contributed by atoms with Crippen molar-refractivity contribution in [2.45, 2.75) is 6.55 Å². The number of hydrogen-bond donors (Lipinski definition) is 1. The molecule has 4 heteroatoms. The molecular formula is CH10AlNaOSi. The van der Waals surface area contributed by atoms with Gasteiger partial charge in [-0.15, -0.1) is 0 Å². The van der Waals surface area contributed by atoms with E-state index in [2.05, 4.69) is 0 Å². The van der Waals surface area contributed by atoms with Gasteiger partial charge in [-0.1, -0.05) is 6.55 Å². The van der Waals surface area contributed by atoms with Gasteiger partial charge in [0.05, 0.1) is 0 Å². The molecule has 0 aromatic rings. The van der Waals surface area contributed by atoms with Crippen molar-refractivity contribution in [1.82, 2.24) is 0 Å². The Kier molecular flexibility index (Phi) is 54.8. The predicted octanol–water partition coefficient (Wildman–Crippen LogP) is -4.96. The molecule has 0 aliphatic rings. The Hall–Kier alpha value is 1.71. The molecular weight excluding hydrogens is 106 g/mol. The SMILES string of the molecule is C[SiH2]O.[AlH3].[H-].[Na+]. The van der Waals surface area contributed by atoms with Crippen molar-refractivity contribution >= 4 is 27.1 Å². The zero-order valence-corrected chi connectivity index (χ0v) is 6.57. The van der Waals surface area contributed by atoms with Crippen LogP contribution < -0.4 is 29.6 Å². The van der Waals surface area contributed by atoms with E-state index in [-0.39, 0.29) is 48.3 Å². The summed E-state index contributed by atoms with van der Waals surface area (Å²) in [4.78, 5) is 7.71. The Morgan fingerprint density at radius 1 is 1.80 bits per heavy atom. The van der Waals surface area contributed by atoms with Gasteiger partial charge >= 0.3 is 29.6 Å². The molecule has 28 valence electrons. The van der Waals surface area contributed by atoms with Gasteiger partial charge in [-0.2, -0.15) is 0 Å². The molecule has 1 N–H and O–H groups in total. The minimum Gasteiger partial charge on any atom is -1.00 e. The summed E-state index contributed by atoms with van der Waals surface area (Å²) in [6.45, 7) is 1.82. The second-order valence-electron chi connectivity index (χ2n) is 0.316. The van der Waals surface area contributed by atoms with Crippen LogP contribution in [0.5, 0.6) is 0 Å². The molecule has 0 radical (unpaired) electrons. The van der Waals surface area contributed by atoms with E-state index in [4.69, 9.17) is 4.80 Å². The van der Waals surface area contributed by atoms with E-state index >= 15 is 0 Å². The quantitative estimate of drug-likeness (QED) is 0.314. The van der Waals surface area contributed by atoms with Gasteiger partial charge in [-0.25, -0.2) is 0 Å². The average Bonchev–Trinajstić information content (AvgIpc) is 0.918. The maximum atomic E-state index is 7.71. The Labute approximate surface area is 69.0 Å². The molecule has 0 aliphatic carbocycles. The van der Waals surface area contributed by atoms with Gasteiger partial charge in [-0.05, 0) is 0 Å². The standard InChI is InChI=1S/CH6OSi.Al.Na.4H/c1-3-2;;;;;;/h2H,3H2,1H3;;;;;;/q;;+1;;;;-1. The fourth-order valence-corrected chi connectivity index (χ4v) is 0. The summed E-state index contributed by atoms with van der Waals surface area (Å²) < 4.78 is 0. The van der Waals surface area contributed by atoms with Crippen LogP contribution in [-0.4, -0.2) is 31.9 Å². The van der Waals surface area contributed by atoms with Crippen molar-refractivity contribution in [2.75, 3.05) is 0 Å². The Balaban J connectivity index is -0.00000000667. The fourth-order valence-electron chi connectivity index (χ4n) is 0. The summed E-state index contributed by atoms with van der Waals surface area (Å²) in [5.74, 6) is 0. The van der Waals surface area contributed by atoms with E-state index in [1.807, 2.05) is 6.55 Å². The molecule has 0 aliphatic heterocycles. The molecule has 0 spiro atoms. The van der Waals surface area contributed by atoms with Crippen molar-refractivity contribution in [3.63, 3.8) is 0 Å². The van der Waals surface area contributed by atoms with Crippen LogP contribution in [0.15, 0.2) is 0 Å². The van der Waals surface area contributed by atoms with E-state index in [9.17, 15) is 0 Å². The molecule has 0 aromatic carbocycles. The first-order valence-corrected chi connectivity index (χ1v) is 3.07. The molecule has 1 nitrogen and oxygen atoms in total. The van der Waals surface area contributed by atoms with Crippen molar-refractivity contribution in [1.29, 1.82) is 0 Å². The van der Waals surface area contributed by atoms with Gasteiger partial charge in [-0.3, -0.25) is 0 Å². The van der Waals surface area contributed by atoms with Crippen molar-refractivity contribution < 1.29 is 35.8 Å². The molecule has 0 fully saturated rings. The van der Waals surface area contributed by atoms with Crippen molar-refractivity contribution in [2.24, 2.45) is 0 Å². The average molecular weight is 116 g/mol. The van der Waals surface area contributed by atoms with Gasteiger partial charge in [0, 0.05) is 0 Å². The van der Waals surface area contributed by atoms with E-state index in [1.54, 1.807) is 0 Å². The van der Waals surface area contributed by atoms with Gasteiger partial charge in [0.2, 0.25) is 0 Å². The number of hydrogen-bond acceptors (Lipinski definition) is 1. The Morgan fingerprint density at radius 3 is 1.80 bits per heavy atom. The normalized spacial score (nSPS) is 6.00. The molecule has 0 rings (SSSR count). The summed E-state index contributed by atoms with van der Waals surface area (Å²) in [6, 6.07) is 0. The van der Waals surface area contributed by atoms with Gasteiger partial charge < -0.3 is 6.22 Å². The van der Waals surface area contributed by atoms with Crippen LogP contribution in [0.2, 0.25) is 6.55 Å². The Morgan fingerprint density at radius 2 is 1.80 bits per heavy atom. The molecule has 5 heavy (non-hydrogen) atoms. The topological polar surface area (TPSA) is 20.2 Å². The van der Waals surface area contributed by atoms with Crippen LogP contribution in [0.25, 0.3) is 0 Å². The van der Waals surface area contributed by atoms with E-state index in [1.165, 1.54) is 0 Å². The van der Waals surface area contributed by atoms with E-state index in [0.29, 0.717) is 0 Å². The van der Waals surface area contributed by atoms with Gasteiger partial charge in [0.25, 0.3) is 0 Å². The minimum absolute atomic E-state index is 0. The molecule has 0 heterocycles. The smallest absolute Gasteiger partial charge is 1.00 e. The van der Waals surface area contributed by atoms with Crippen LogP contribution >= 0.6 is 0 Å². The Bertz CT molecular complexity index is 15.5. The van der Waals surface area contributed by atoms with Crippen LogP contribution in [0.4, 0.5) is 0 Å². The van der Waals surface area contributed by atoms with Gasteiger partial charge in [0.1, 0.15) is 0 Å². The largest absolute Gasteiger partial charge is 1.00 e. The van der Waals surface area contributed by atoms with Crippen molar-refractivity contribution in [3.8, 4) is 0 Å². The van der Waals surface area contributed by atoms with Crippen LogP contribution in [-0.2, 0) is 0 Å². The first kappa shape index (κ1) is 15.9. The maximum Gasteiger partial charge on any atom is 1.00 e. The van der Waals surface area contributed by atoms with Crippen molar-refractivity contribution in [3.05, 3.63) is 0 Å². The zero-order valence-electron chi connectivity index (χ0n) is 4.15. The third kappa shape index (κ3) is 26.9. The summed E-state index contributed by atoms with van der Waals surface area (Å²) in [7, 11) is -0.583. The zero-order chi connectivity index (χ0) is 2.71. The van der Waals surface area contributed by atoms with E-state index in [0.717, 1.165) is 0 Å². The molecule has 0 unspecified atom stereocenters. The first-order valence-electron chi connectivity index (χ1n) is 1.02. The summed E-state index contributed by atoms with van der Waals surface area (Å²) in [6.07, 6.45) is 0. The summed E-state index contributed by atoms with van der Waals surface area (Å²) in [5.41, 5.74) is 0. The van der Waals surface area contributed by atoms with Crippen LogP contribution in [0.3, 0.4) is 0 Å². The van der Waals surface area contributed by atoms with Crippen LogP contribution in [0, 0.1) is 0 Å². The molecule has 0 atom stereocenters. The molecule has 0 saturated heterocycles. The molecule has 0 saturated carbocycles. The minimum atomic E-state index is -0.583. The summed E-state index contributed by atoms with van der Waals surface area (Å²) >= 11 is 0. The number of rotatable bonds is 0. The predicted molar refractivity (Wildman–Crippen MR) is 27.7 cm³/mol. The third-order valence-electron chi connectivity index (χ3n) is 0. The third-order valence-corrected chi connectivity index (χ3v) is 0. The maximum absolute atomic E-state index is 7.71. The monoisotopic (exact) mass is 116 g/mol. The second-order valence-corrected chi connectivity index (χ2v) is 0.949. The van der Waals surface area contributed by atoms with E-state index < -0.39 is 9.76 Å². The second kappa shape index (κ2) is 17.2. The van der Waals surface area contributed by atoms with Gasteiger partial charge in [0.15, 0.2) is 27.1 Å². The molecule has 0 aromatic heterocycles.